The monoisotopic (exact) mass is 168 g/mol. The van der Waals surface area contributed by atoms with Gasteiger partial charge in [0.1, 0.15) is 11.5 Å². The standard InChI is InChI=1S/C7H9BO4/c1-5-6(9)3-2-4-7(5)12-8(10)11/h2-4,9-11H,1H3. The highest BCUT2D eigenvalue weighted by atomic mass is 16.6. The third kappa shape index (κ3) is 1.90. The quantitative estimate of drug-likeness (QED) is 0.545. The van der Waals surface area contributed by atoms with Crippen molar-refractivity contribution in [2.45, 2.75) is 6.92 Å². The third-order valence-electron chi connectivity index (χ3n) is 1.49. The first-order valence-electron chi connectivity index (χ1n) is 3.42. The van der Waals surface area contributed by atoms with Gasteiger partial charge in [-0.05, 0) is 19.1 Å². The van der Waals surface area contributed by atoms with E-state index in [1.54, 1.807) is 13.0 Å². The fourth-order valence-corrected chi connectivity index (χ4v) is 0.844. The second-order valence-corrected chi connectivity index (χ2v) is 2.34. The van der Waals surface area contributed by atoms with E-state index in [1.165, 1.54) is 12.1 Å². The van der Waals surface area contributed by atoms with Crippen molar-refractivity contribution in [2.75, 3.05) is 0 Å². The van der Waals surface area contributed by atoms with E-state index in [9.17, 15) is 0 Å². The van der Waals surface area contributed by atoms with Gasteiger partial charge in [0.15, 0.2) is 0 Å². The van der Waals surface area contributed by atoms with Crippen LogP contribution in [0.25, 0.3) is 0 Å². The molecule has 1 rings (SSSR count). The summed E-state index contributed by atoms with van der Waals surface area (Å²) >= 11 is 0. The Morgan fingerprint density at radius 1 is 1.33 bits per heavy atom. The van der Waals surface area contributed by atoms with Gasteiger partial charge >= 0.3 is 7.32 Å². The van der Waals surface area contributed by atoms with Crippen molar-refractivity contribution in [1.29, 1.82) is 0 Å². The summed E-state index contributed by atoms with van der Waals surface area (Å²) in [5.74, 6) is 0.318. The van der Waals surface area contributed by atoms with Crippen molar-refractivity contribution in [2.24, 2.45) is 0 Å². The Labute approximate surface area is 70.2 Å². The zero-order chi connectivity index (χ0) is 9.14. The van der Waals surface area contributed by atoms with Crippen molar-refractivity contribution >= 4 is 7.32 Å². The average Bonchev–Trinajstić information content (AvgIpc) is 1.98. The molecule has 0 saturated heterocycles. The van der Waals surface area contributed by atoms with Gasteiger partial charge in [-0.25, -0.2) is 0 Å². The summed E-state index contributed by atoms with van der Waals surface area (Å²) in [6.45, 7) is 1.62. The maximum atomic E-state index is 9.17. The van der Waals surface area contributed by atoms with Crippen molar-refractivity contribution in [1.82, 2.24) is 0 Å². The molecule has 64 valence electrons. The molecule has 0 bridgehead atoms. The molecule has 3 N–H and O–H groups in total. The molecule has 0 aromatic heterocycles. The fourth-order valence-electron chi connectivity index (χ4n) is 0.844. The van der Waals surface area contributed by atoms with Crippen LogP contribution < -0.4 is 4.65 Å². The van der Waals surface area contributed by atoms with Gasteiger partial charge < -0.3 is 19.8 Å². The average molecular weight is 168 g/mol. The minimum atomic E-state index is -1.86. The molecule has 1 aromatic rings. The van der Waals surface area contributed by atoms with Crippen LogP contribution in [-0.2, 0) is 0 Å². The molecule has 0 aliphatic heterocycles. The van der Waals surface area contributed by atoms with E-state index in [1.807, 2.05) is 0 Å². The van der Waals surface area contributed by atoms with E-state index < -0.39 is 7.32 Å². The topological polar surface area (TPSA) is 69.9 Å². The number of hydrogen-bond acceptors (Lipinski definition) is 4. The highest BCUT2D eigenvalue weighted by molar-refractivity contribution is 6.33. The van der Waals surface area contributed by atoms with Crippen LogP contribution in [0.15, 0.2) is 18.2 Å². The van der Waals surface area contributed by atoms with Crippen molar-refractivity contribution in [3.8, 4) is 11.5 Å². The maximum Gasteiger partial charge on any atom is 0.707 e. The Kier molecular flexibility index (Phi) is 2.57. The predicted octanol–water partition coefficient (Wildman–Crippen LogP) is 0.0489. The summed E-state index contributed by atoms with van der Waals surface area (Å²) in [5, 5.41) is 26.1. The minimum absolute atomic E-state index is 0.0631. The van der Waals surface area contributed by atoms with Gasteiger partial charge in [0.25, 0.3) is 0 Å². The Morgan fingerprint density at radius 3 is 2.58 bits per heavy atom. The first kappa shape index (κ1) is 8.90. The molecule has 12 heavy (non-hydrogen) atoms. The maximum absolute atomic E-state index is 9.17. The number of hydrogen-bond donors (Lipinski definition) is 3. The van der Waals surface area contributed by atoms with Crippen LogP contribution in [0, 0.1) is 6.92 Å². The molecule has 0 spiro atoms. The Hall–Kier alpha value is -1.20. The molecular weight excluding hydrogens is 159 g/mol. The van der Waals surface area contributed by atoms with E-state index in [0.717, 1.165) is 0 Å². The van der Waals surface area contributed by atoms with Gasteiger partial charge in [-0.15, -0.1) is 0 Å². The summed E-state index contributed by atoms with van der Waals surface area (Å²) in [4.78, 5) is 0. The lowest BCUT2D eigenvalue weighted by molar-refractivity contribution is 0.286. The van der Waals surface area contributed by atoms with Gasteiger partial charge in [-0.1, -0.05) is 6.07 Å². The molecule has 0 amide bonds. The fraction of sp³-hybridized carbons (Fsp3) is 0.143. The largest absolute Gasteiger partial charge is 0.707 e. The number of phenolic OH excluding ortho intramolecular Hbond substituents is 1. The van der Waals surface area contributed by atoms with Crippen molar-refractivity contribution < 1.29 is 19.8 Å². The Balaban J connectivity index is 2.92. The van der Waals surface area contributed by atoms with E-state index in [2.05, 4.69) is 4.65 Å². The number of benzene rings is 1. The van der Waals surface area contributed by atoms with Crippen LogP contribution >= 0.6 is 0 Å². The van der Waals surface area contributed by atoms with Gasteiger partial charge in [-0.2, -0.15) is 0 Å². The second-order valence-electron chi connectivity index (χ2n) is 2.34. The Morgan fingerprint density at radius 2 is 2.00 bits per heavy atom. The molecule has 0 aliphatic rings. The Bertz CT molecular complexity index is 274. The van der Waals surface area contributed by atoms with E-state index in [0.29, 0.717) is 5.56 Å². The lowest BCUT2D eigenvalue weighted by Crippen LogP contribution is -2.20. The molecule has 1 aromatic carbocycles. The molecule has 4 nitrogen and oxygen atoms in total. The minimum Gasteiger partial charge on any atom is -0.512 e. The van der Waals surface area contributed by atoms with Gasteiger partial charge in [0.2, 0.25) is 0 Å². The summed E-state index contributed by atoms with van der Waals surface area (Å²) in [6.07, 6.45) is 0. The highest BCUT2D eigenvalue weighted by Crippen LogP contribution is 2.25. The van der Waals surface area contributed by atoms with Crippen LogP contribution in [0.4, 0.5) is 0 Å². The summed E-state index contributed by atoms with van der Waals surface area (Å²) in [5.41, 5.74) is 0.477. The second kappa shape index (κ2) is 3.47. The number of phenols is 1. The summed E-state index contributed by atoms with van der Waals surface area (Å²) in [6, 6.07) is 4.58. The van der Waals surface area contributed by atoms with E-state index in [-0.39, 0.29) is 11.5 Å². The molecule has 5 heteroatoms. The first-order valence-corrected chi connectivity index (χ1v) is 3.42. The SMILES string of the molecule is Cc1c(O)cccc1OB(O)O. The number of aromatic hydroxyl groups is 1. The van der Waals surface area contributed by atoms with Gasteiger partial charge in [0, 0.05) is 5.56 Å². The molecule has 0 saturated carbocycles. The molecule has 0 aliphatic carbocycles. The lowest BCUT2D eigenvalue weighted by Gasteiger charge is -2.08. The molecule has 0 atom stereocenters. The zero-order valence-electron chi connectivity index (χ0n) is 6.56. The number of rotatable bonds is 2. The highest BCUT2D eigenvalue weighted by Gasteiger charge is 2.13. The van der Waals surface area contributed by atoms with Crippen molar-refractivity contribution in [3.05, 3.63) is 23.8 Å². The van der Waals surface area contributed by atoms with E-state index >= 15 is 0 Å². The molecular formula is C7H9BO4. The van der Waals surface area contributed by atoms with Crippen LogP contribution in [0.3, 0.4) is 0 Å². The van der Waals surface area contributed by atoms with Crippen LogP contribution in [0.2, 0.25) is 0 Å². The smallest absolute Gasteiger partial charge is 0.512 e. The van der Waals surface area contributed by atoms with Crippen molar-refractivity contribution in [3.63, 3.8) is 0 Å². The lowest BCUT2D eigenvalue weighted by atomic mass is 10.1. The van der Waals surface area contributed by atoms with Crippen LogP contribution in [-0.4, -0.2) is 22.5 Å². The molecule has 0 heterocycles. The third-order valence-corrected chi connectivity index (χ3v) is 1.49. The zero-order valence-corrected chi connectivity index (χ0v) is 6.56. The summed E-state index contributed by atoms with van der Waals surface area (Å²) < 4.78 is 4.58. The molecule has 0 fully saturated rings. The van der Waals surface area contributed by atoms with Gasteiger partial charge in [-0.3, -0.25) is 0 Å². The summed E-state index contributed by atoms with van der Waals surface area (Å²) in [7, 11) is -1.86. The van der Waals surface area contributed by atoms with Crippen LogP contribution in [0.1, 0.15) is 5.56 Å². The van der Waals surface area contributed by atoms with Gasteiger partial charge in [0.05, 0.1) is 0 Å². The first-order chi connectivity index (χ1) is 5.61. The normalized spacial score (nSPS) is 9.58. The molecule has 0 unspecified atom stereocenters. The van der Waals surface area contributed by atoms with Crippen LogP contribution in [0.5, 0.6) is 11.5 Å². The predicted molar refractivity (Wildman–Crippen MR) is 43.7 cm³/mol. The van der Waals surface area contributed by atoms with E-state index in [4.69, 9.17) is 15.2 Å². The molecule has 0 radical (unpaired) electrons.